The fraction of sp³-hybridized carbons (Fsp3) is 0.889. The quantitative estimate of drug-likeness (QED) is 0.650. The van der Waals surface area contributed by atoms with E-state index in [-0.39, 0.29) is 0 Å². The third kappa shape index (κ3) is 6.31. The van der Waals surface area contributed by atoms with Crippen LogP contribution in [0.1, 0.15) is 20.3 Å². The van der Waals surface area contributed by atoms with E-state index in [1.807, 2.05) is 0 Å². The second-order valence-corrected chi connectivity index (χ2v) is 8.44. The molecule has 0 aromatic heterocycles. The Morgan fingerprint density at radius 3 is 2.06 bits per heavy atom. The van der Waals surface area contributed by atoms with E-state index in [2.05, 4.69) is 0 Å². The lowest BCUT2D eigenvalue weighted by Gasteiger charge is -2.25. The third-order valence-corrected chi connectivity index (χ3v) is 5.57. The lowest BCUT2D eigenvalue weighted by atomic mass is 10.2. The summed E-state index contributed by atoms with van der Waals surface area (Å²) in [7, 11) is -7.29. The summed E-state index contributed by atoms with van der Waals surface area (Å²) in [5.41, 5.74) is 0. The van der Waals surface area contributed by atoms with Gasteiger partial charge >= 0.3 is 5.97 Å². The minimum absolute atomic E-state index is 0.450. The van der Waals surface area contributed by atoms with Gasteiger partial charge < -0.3 is 5.11 Å². The van der Waals surface area contributed by atoms with Gasteiger partial charge in [0.2, 0.25) is 10.0 Å². The Morgan fingerprint density at radius 1 is 1.22 bits per heavy atom. The minimum Gasteiger partial charge on any atom is -0.480 e. The first-order chi connectivity index (χ1) is 7.99. The molecule has 0 saturated heterocycles. The summed E-state index contributed by atoms with van der Waals surface area (Å²) in [6.45, 7) is 2.66. The van der Waals surface area contributed by atoms with E-state index in [0.29, 0.717) is 6.42 Å². The lowest BCUT2D eigenvalue weighted by Crippen LogP contribution is -2.43. The number of sulfone groups is 1. The number of hydrogen-bond acceptors (Lipinski definition) is 5. The van der Waals surface area contributed by atoms with Crippen molar-refractivity contribution in [3.8, 4) is 0 Å². The Balaban J connectivity index is 5.03. The van der Waals surface area contributed by atoms with Gasteiger partial charge in [-0.2, -0.15) is 4.31 Å². The number of hydrogen-bond donors (Lipinski definition) is 1. The van der Waals surface area contributed by atoms with Crippen LogP contribution in [0.25, 0.3) is 0 Å². The van der Waals surface area contributed by atoms with Gasteiger partial charge in [0.15, 0.2) is 0 Å². The second kappa shape index (κ2) is 6.48. The Kier molecular flexibility index (Phi) is 6.24. The molecule has 0 aliphatic heterocycles. The van der Waals surface area contributed by atoms with Crippen LogP contribution in [0.15, 0.2) is 0 Å². The fourth-order valence-corrected chi connectivity index (χ4v) is 4.53. The van der Waals surface area contributed by atoms with Crippen molar-refractivity contribution in [1.29, 1.82) is 0 Å². The van der Waals surface area contributed by atoms with E-state index in [4.69, 9.17) is 5.11 Å². The fourth-order valence-electron chi connectivity index (χ4n) is 1.24. The van der Waals surface area contributed by atoms with Crippen molar-refractivity contribution in [2.45, 2.75) is 26.3 Å². The van der Waals surface area contributed by atoms with Crippen molar-refractivity contribution in [3.63, 3.8) is 0 Å². The maximum absolute atomic E-state index is 11.9. The van der Waals surface area contributed by atoms with E-state index < -0.39 is 49.9 Å². The summed E-state index contributed by atoms with van der Waals surface area (Å²) in [5.74, 6) is -2.37. The Morgan fingerprint density at radius 2 is 1.72 bits per heavy atom. The number of sulfonamides is 1. The first-order valence-electron chi connectivity index (χ1n) is 5.38. The van der Waals surface area contributed by atoms with Gasteiger partial charge in [-0.1, -0.05) is 6.92 Å². The van der Waals surface area contributed by atoms with Gasteiger partial charge in [0.05, 0.1) is 11.5 Å². The summed E-state index contributed by atoms with van der Waals surface area (Å²) in [5, 5.41) is 8.70. The number of aliphatic carboxylic acids is 1. The van der Waals surface area contributed by atoms with E-state index >= 15 is 0 Å². The van der Waals surface area contributed by atoms with Crippen LogP contribution in [0.3, 0.4) is 0 Å². The standard InChI is InChI=1S/C9H19NO6S2/c1-4-8(2)10(7-9(11)12)18(15,16)6-5-17(3,13)14/h8H,4-7H2,1-3H3,(H,11,12). The lowest BCUT2D eigenvalue weighted by molar-refractivity contribution is -0.137. The number of carboxylic acids is 1. The maximum atomic E-state index is 11.9. The molecule has 0 radical (unpaired) electrons. The van der Waals surface area contributed by atoms with Crippen LogP contribution in [0.2, 0.25) is 0 Å². The first-order valence-corrected chi connectivity index (χ1v) is 9.05. The van der Waals surface area contributed by atoms with Crippen LogP contribution >= 0.6 is 0 Å². The molecule has 0 aliphatic carbocycles. The zero-order chi connectivity index (χ0) is 14.6. The number of carbonyl (C=O) groups is 1. The zero-order valence-electron chi connectivity index (χ0n) is 10.7. The van der Waals surface area contributed by atoms with Gasteiger partial charge in [-0.25, -0.2) is 16.8 Å². The molecule has 0 saturated carbocycles. The van der Waals surface area contributed by atoms with Crippen molar-refractivity contribution < 1.29 is 26.7 Å². The Labute approximate surface area is 108 Å². The highest BCUT2D eigenvalue weighted by atomic mass is 32.2. The zero-order valence-corrected chi connectivity index (χ0v) is 12.3. The van der Waals surface area contributed by atoms with Crippen LogP contribution < -0.4 is 0 Å². The highest BCUT2D eigenvalue weighted by Crippen LogP contribution is 2.11. The SMILES string of the molecule is CCC(C)N(CC(=O)O)S(=O)(=O)CCS(C)(=O)=O. The second-order valence-electron chi connectivity index (χ2n) is 4.14. The predicted octanol–water partition coefficient (Wildman–Crippen LogP) is -0.454. The summed E-state index contributed by atoms with van der Waals surface area (Å²) < 4.78 is 46.6. The Bertz CT molecular complexity index is 481. The van der Waals surface area contributed by atoms with Gasteiger partial charge in [0.25, 0.3) is 0 Å². The van der Waals surface area contributed by atoms with Crippen molar-refractivity contribution in [3.05, 3.63) is 0 Å². The molecule has 0 aromatic rings. The van der Waals surface area contributed by atoms with Gasteiger partial charge in [0.1, 0.15) is 16.4 Å². The van der Waals surface area contributed by atoms with Gasteiger partial charge in [-0.15, -0.1) is 0 Å². The van der Waals surface area contributed by atoms with Crippen LogP contribution in [0, 0.1) is 0 Å². The molecule has 1 unspecified atom stereocenters. The molecular weight excluding hydrogens is 282 g/mol. The molecule has 0 bridgehead atoms. The van der Waals surface area contributed by atoms with Gasteiger partial charge in [0, 0.05) is 12.3 Å². The van der Waals surface area contributed by atoms with Crippen molar-refractivity contribution in [2.24, 2.45) is 0 Å². The molecule has 0 spiro atoms. The third-order valence-electron chi connectivity index (χ3n) is 2.44. The van der Waals surface area contributed by atoms with E-state index in [0.717, 1.165) is 10.6 Å². The average molecular weight is 301 g/mol. The molecule has 108 valence electrons. The monoisotopic (exact) mass is 301 g/mol. The van der Waals surface area contributed by atoms with E-state index in [9.17, 15) is 21.6 Å². The molecule has 0 heterocycles. The normalized spacial score (nSPS) is 14.7. The summed E-state index contributed by atoms with van der Waals surface area (Å²) >= 11 is 0. The van der Waals surface area contributed by atoms with E-state index in [1.54, 1.807) is 13.8 Å². The summed E-state index contributed by atoms with van der Waals surface area (Å²) in [6, 6.07) is -0.481. The average Bonchev–Trinajstić information content (AvgIpc) is 2.21. The molecule has 0 rings (SSSR count). The number of rotatable bonds is 8. The summed E-state index contributed by atoms with van der Waals surface area (Å²) in [6.07, 6.45) is 1.39. The molecule has 1 atom stereocenters. The maximum Gasteiger partial charge on any atom is 0.318 e. The first kappa shape index (κ1) is 17.3. The van der Waals surface area contributed by atoms with Crippen molar-refractivity contribution in [1.82, 2.24) is 4.31 Å². The van der Waals surface area contributed by atoms with Crippen molar-refractivity contribution >= 4 is 25.8 Å². The molecule has 7 nitrogen and oxygen atoms in total. The van der Waals surface area contributed by atoms with Crippen LogP contribution in [-0.2, 0) is 24.7 Å². The largest absolute Gasteiger partial charge is 0.480 e. The topological polar surface area (TPSA) is 109 Å². The molecule has 0 aliphatic rings. The molecule has 0 aromatic carbocycles. The molecule has 9 heteroatoms. The van der Waals surface area contributed by atoms with Crippen LogP contribution in [-0.4, -0.2) is 62.6 Å². The van der Waals surface area contributed by atoms with Gasteiger partial charge in [-0.05, 0) is 13.3 Å². The number of carboxylic acid groups (broad SMARTS) is 1. The van der Waals surface area contributed by atoms with Crippen LogP contribution in [0.5, 0.6) is 0 Å². The molecule has 0 fully saturated rings. The molecule has 1 N–H and O–H groups in total. The minimum atomic E-state index is -3.89. The predicted molar refractivity (Wildman–Crippen MR) is 67.6 cm³/mol. The smallest absolute Gasteiger partial charge is 0.318 e. The van der Waals surface area contributed by atoms with Gasteiger partial charge in [-0.3, -0.25) is 4.79 Å². The summed E-state index contributed by atoms with van der Waals surface area (Å²) in [4.78, 5) is 10.7. The molecule has 18 heavy (non-hydrogen) atoms. The van der Waals surface area contributed by atoms with Crippen LogP contribution in [0.4, 0.5) is 0 Å². The highest BCUT2D eigenvalue weighted by molar-refractivity contribution is 7.93. The molecule has 0 amide bonds. The Hall–Kier alpha value is -0.670. The van der Waals surface area contributed by atoms with E-state index in [1.165, 1.54) is 0 Å². The highest BCUT2D eigenvalue weighted by Gasteiger charge is 2.29. The molecular formula is C9H19NO6S2. The van der Waals surface area contributed by atoms with Crippen molar-refractivity contribution in [2.75, 3.05) is 24.3 Å². The number of nitrogens with zero attached hydrogens (tertiary/aromatic N) is 1.